The van der Waals surface area contributed by atoms with Gasteiger partial charge < -0.3 is 5.11 Å². The molecule has 4 rings (SSSR count). The van der Waals surface area contributed by atoms with E-state index in [1.54, 1.807) is 11.1 Å². The van der Waals surface area contributed by atoms with Crippen molar-refractivity contribution in [1.82, 2.24) is 0 Å². The minimum absolute atomic E-state index is 0.0839. The molecule has 0 heterocycles. The van der Waals surface area contributed by atoms with Crippen LogP contribution in [-0.2, 0) is 0 Å². The molecule has 8 atom stereocenters. The third-order valence-corrected chi connectivity index (χ3v) is 10.7. The normalized spacial score (nSPS) is 44.9. The van der Waals surface area contributed by atoms with E-state index >= 15 is 0 Å². The summed E-state index contributed by atoms with van der Waals surface area (Å²) in [7, 11) is 0. The summed E-state index contributed by atoms with van der Waals surface area (Å²) in [4.78, 5) is 0. The van der Waals surface area contributed by atoms with Gasteiger partial charge in [0, 0.05) is 0 Å². The molecule has 0 radical (unpaired) electrons. The van der Waals surface area contributed by atoms with Crippen molar-refractivity contribution in [2.75, 3.05) is 0 Å². The third kappa shape index (κ3) is 3.87. The van der Waals surface area contributed by atoms with E-state index < -0.39 is 0 Å². The van der Waals surface area contributed by atoms with E-state index in [0.717, 1.165) is 42.4 Å². The second-order valence-corrected chi connectivity index (χ2v) is 12.6. The Labute approximate surface area is 186 Å². The maximum atomic E-state index is 10.2. The fourth-order valence-corrected chi connectivity index (χ4v) is 8.59. The van der Waals surface area contributed by atoms with Gasteiger partial charge in [0.1, 0.15) is 0 Å². The molecule has 0 aromatic heterocycles. The molecular formula is C29H48O. The first-order valence-electron chi connectivity index (χ1n) is 13.2. The number of allylic oxidation sites excluding steroid dienone is 3. The molecule has 0 amide bonds. The molecular weight excluding hydrogens is 364 g/mol. The van der Waals surface area contributed by atoms with Gasteiger partial charge in [-0.25, -0.2) is 0 Å². The van der Waals surface area contributed by atoms with Crippen molar-refractivity contribution in [2.24, 2.45) is 46.3 Å². The van der Waals surface area contributed by atoms with Gasteiger partial charge in [0.15, 0.2) is 0 Å². The Hall–Kier alpha value is -0.560. The highest BCUT2D eigenvalue weighted by Crippen LogP contribution is 2.66. The fraction of sp³-hybridized carbons (Fsp3) is 0.862. The van der Waals surface area contributed by atoms with Crippen LogP contribution in [0.3, 0.4) is 0 Å². The van der Waals surface area contributed by atoms with Gasteiger partial charge in [0.25, 0.3) is 0 Å². The predicted molar refractivity (Wildman–Crippen MR) is 128 cm³/mol. The third-order valence-electron chi connectivity index (χ3n) is 10.7. The summed E-state index contributed by atoms with van der Waals surface area (Å²) in [6, 6.07) is 0. The molecule has 0 aromatic rings. The molecule has 0 aromatic carbocycles. The zero-order chi connectivity index (χ0) is 21.7. The first-order valence-corrected chi connectivity index (χ1v) is 13.2. The van der Waals surface area contributed by atoms with Gasteiger partial charge in [0.2, 0.25) is 0 Å². The molecule has 0 unspecified atom stereocenters. The second-order valence-electron chi connectivity index (χ2n) is 12.6. The average Bonchev–Trinajstić information content (AvgIpc) is 3.06. The summed E-state index contributed by atoms with van der Waals surface area (Å²) in [5.74, 6) is 5.17. The van der Waals surface area contributed by atoms with Crippen LogP contribution in [-0.4, -0.2) is 11.2 Å². The van der Waals surface area contributed by atoms with Gasteiger partial charge in [-0.05, 0) is 117 Å². The molecule has 0 aliphatic heterocycles. The summed E-state index contributed by atoms with van der Waals surface area (Å²) in [5.41, 5.74) is 4.23. The van der Waals surface area contributed by atoms with Crippen LogP contribution < -0.4 is 0 Å². The molecule has 30 heavy (non-hydrogen) atoms. The minimum Gasteiger partial charge on any atom is -0.393 e. The van der Waals surface area contributed by atoms with Crippen molar-refractivity contribution in [3.8, 4) is 0 Å². The highest BCUT2D eigenvalue weighted by molar-refractivity contribution is 5.25. The van der Waals surface area contributed by atoms with Gasteiger partial charge >= 0.3 is 0 Å². The monoisotopic (exact) mass is 412 g/mol. The van der Waals surface area contributed by atoms with Crippen molar-refractivity contribution in [2.45, 2.75) is 112 Å². The molecule has 1 nitrogen and oxygen atoms in total. The number of rotatable bonds is 5. The van der Waals surface area contributed by atoms with Crippen molar-refractivity contribution >= 4 is 0 Å². The number of aliphatic hydroxyl groups excluding tert-OH is 1. The molecule has 170 valence electrons. The van der Waals surface area contributed by atoms with Gasteiger partial charge in [0.05, 0.1) is 6.10 Å². The highest BCUT2D eigenvalue weighted by atomic mass is 16.3. The predicted octanol–water partition coefficient (Wildman–Crippen LogP) is 7.94. The van der Waals surface area contributed by atoms with Gasteiger partial charge in [-0.1, -0.05) is 57.9 Å². The Morgan fingerprint density at radius 3 is 2.63 bits per heavy atom. The summed E-state index contributed by atoms with van der Waals surface area (Å²) in [6.07, 6.45) is 17.8. The number of hydrogen-bond acceptors (Lipinski definition) is 1. The van der Waals surface area contributed by atoms with Crippen molar-refractivity contribution < 1.29 is 5.11 Å². The standard InChI is InChI=1S/C29H48O/c1-7-21(19(2)3)9-8-20(4)22-16-27-25-11-10-23-17-24(30)12-15-29(23,6)26(25)13-14-28(27,5)18-22/h7,10,19-20,22,24-27,30H,8-9,11-18H2,1-6H3/t20-,22-,24-,25-,26+,27-,28-,29+/m1/s1. The summed E-state index contributed by atoms with van der Waals surface area (Å²) in [6.45, 7) is 14.7. The zero-order valence-corrected chi connectivity index (χ0v) is 20.7. The van der Waals surface area contributed by atoms with E-state index in [0.29, 0.717) is 16.7 Å². The molecule has 4 aliphatic rings. The lowest BCUT2D eigenvalue weighted by Gasteiger charge is -2.57. The molecule has 4 aliphatic carbocycles. The highest BCUT2D eigenvalue weighted by Gasteiger charge is 2.57. The molecule has 1 heteroatoms. The lowest BCUT2D eigenvalue weighted by Crippen LogP contribution is -2.49. The largest absolute Gasteiger partial charge is 0.393 e. The van der Waals surface area contributed by atoms with E-state index in [-0.39, 0.29) is 6.10 Å². The summed E-state index contributed by atoms with van der Waals surface area (Å²) < 4.78 is 0. The van der Waals surface area contributed by atoms with Crippen LogP contribution >= 0.6 is 0 Å². The topological polar surface area (TPSA) is 20.2 Å². The van der Waals surface area contributed by atoms with Crippen LogP contribution in [0.15, 0.2) is 23.3 Å². The quantitative estimate of drug-likeness (QED) is 0.454. The van der Waals surface area contributed by atoms with Crippen molar-refractivity contribution in [3.05, 3.63) is 23.3 Å². The lowest BCUT2D eigenvalue weighted by atomic mass is 9.48. The Balaban J connectivity index is 1.47. The fourth-order valence-electron chi connectivity index (χ4n) is 8.59. The molecule has 0 spiro atoms. The van der Waals surface area contributed by atoms with E-state index in [9.17, 15) is 5.11 Å². The summed E-state index contributed by atoms with van der Waals surface area (Å²) in [5, 5.41) is 10.2. The van der Waals surface area contributed by atoms with E-state index in [1.807, 2.05) is 0 Å². The average molecular weight is 413 g/mol. The molecule has 0 saturated heterocycles. The number of aliphatic hydroxyl groups is 1. The van der Waals surface area contributed by atoms with Gasteiger partial charge in [-0.15, -0.1) is 0 Å². The SMILES string of the molecule is CC=C(CC[C@@H](C)[C@@H]1C[C@@H]2[C@@H]3CC=C4C[C@H](O)CC[C@]4(C)[C@H]3CC[C@]2(C)C1)C(C)C. The van der Waals surface area contributed by atoms with Crippen LogP contribution in [0.25, 0.3) is 0 Å². The van der Waals surface area contributed by atoms with Crippen LogP contribution in [0, 0.1) is 46.3 Å². The lowest BCUT2D eigenvalue weighted by molar-refractivity contribution is -0.0360. The maximum Gasteiger partial charge on any atom is 0.0577 e. The van der Waals surface area contributed by atoms with Gasteiger partial charge in [-0.2, -0.15) is 0 Å². The van der Waals surface area contributed by atoms with Crippen LogP contribution in [0.1, 0.15) is 106 Å². The summed E-state index contributed by atoms with van der Waals surface area (Å²) >= 11 is 0. The second kappa shape index (κ2) is 8.42. The Morgan fingerprint density at radius 2 is 1.93 bits per heavy atom. The van der Waals surface area contributed by atoms with Gasteiger partial charge in [-0.3, -0.25) is 0 Å². The van der Waals surface area contributed by atoms with Crippen LogP contribution in [0.2, 0.25) is 0 Å². The number of fused-ring (bicyclic) bond motifs is 5. The smallest absolute Gasteiger partial charge is 0.0577 e. The van der Waals surface area contributed by atoms with Crippen molar-refractivity contribution in [3.63, 3.8) is 0 Å². The molecule has 3 fully saturated rings. The minimum atomic E-state index is -0.0839. The molecule has 1 N–H and O–H groups in total. The van der Waals surface area contributed by atoms with Crippen LogP contribution in [0.5, 0.6) is 0 Å². The Kier molecular flexibility index (Phi) is 6.35. The first kappa shape index (κ1) is 22.6. The molecule has 3 saturated carbocycles. The van der Waals surface area contributed by atoms with E-state index in [4.69, 9.17) is 0 Å². The Morgan fingerprint density at radius 1 is 1.17 bits per heavy atom. The molecule has 0 bridgehead atoms. The van der Waals surface area contributed by atoms with Crippen molar-refractivity contribution in [1.29, 1.82) is 0 Å². The van der Waals surface area contributed by atoms with E-state index in [1.165, 1.54) is 51.4 Å². The maximum absolute atomic E-state index is 10.2. The number of hydrogen-bond donors (Lipinski definition) is 1. The first-order chi connectivity index (χ1) is 14.2. The van der Waals surface area contributed by atoms with Crippen LogP contribution in [0.4, 0.5) is 0 Å². The zero-order valence-electron chi connectivity index (χ0n) is 20.7. The van der Waals surface area contributed by atoms with E-state index in [2.05, 4.69) is 53.7 Å². The Bertz CT molecular complexity index is 686.